The first kappa shape index (κ1) is 20.4. The number of benzene rings is 1. The number of nitrogens with zero attached hydrogens (tertiary/aromatic N) is 1. The highest BCUT2D eigenvalue weighted by Crippen LogP contribution is 2.24. The number of rotatable bonds is 8. The number of hydrogen-bond donors (Lipinski definition) is 0. The quantitative estimate of drug-likeness (QED) is 0.667. The van der Waals surface area contributed by atoms with Gasteiger partial charge in [0.05, 0.1) is 25.7 Å². The van der Waals surface area contributed by atoms with Crippen molar-refractivity contribution in [3.05, 3.63) is 69.6 Å². The van der Waals surface area contributed by atoms with Crippen molar-refractivity contribution in [3.63, 3.8) is 0 Å². The largest absolute Gasteiger partial charge is 0.466 e. The Morgan fingerprint density at radius 1 is 1.00 bits per heavy atom. The molecule has 0 radical (unpaired) electrons. The molecule has 1 aromatic carbocycles. The van der Waals surface area contributed by atoms with E-state index in [0.717, 1.165) is 5.56 Å². The van der Waals surface area contributed by atoms with Crippen LogP contribution in [0.3, 0.4) is 0 Å². The molecule has 1 unspecified atom stereocenters. The number of hydrogen-bond acceptors (Lipinski definition) is 5. The summed E-state index contributed by atoms with van der Waals surface area (Å²) in [5.74, 6) is -1.86. The average Bonchev–Trinajstić information content (AvgIpc) is 2.66. The highest BCUT2D eigenvalue weighted by atomic mass is 16.5. The van der Waals surface area contributed by atoms with Gasteiger partial charge in [0.15, 0.2) is 0 Å². The molecule has 0 saturated heterocycles. The fraction of sp³-hybridized carbons (Fsp3) is 0.381. The van der Waals surface area contributed by atoms with Gasteiger partial charge in [-0.3, -0.25) is 9.59 Å². The monoisotopic (exact) mass is 371 g/mol. The second-order valence-electron chi connectivity index (χ2n) is 6.00. The number of ether oxygens (including phenoxy) is 2. The first-order valence-electron chi connectivity index (χ1n) is 9.14. The molecule has 0 amide bonds. The molecule has 1 aromatic heterocycles. The Labute approximate surface area is 158 Å². The van der Waals surface area contributed by atoms with E-state index in [1.54, 1.807) is 26.1 Å². The zero-order valence-electron chi connectivity index (χ0n) is 15.9. The number of pyridine rings is 1. The van der Waals surface area contributed by atoms with Crippen LogP contribution in [0.15, 0.2) is 47.4 Å². The minimum atomic E-state index is -0.720. The van der Waals surface area contributed by atoms with Crippen LogP contribution in [0.1, 0.15) is 54.6 Å². The zero-order chi connectivity index (χ0) is 19.8. The maximum Gasteiger partial charge on any atom is 0.344 e. The summed E-state index contributed by atoms with van der Waals surface area (Å²) in [6.45, 7) is 5.89. The number of esters is 2. The third-order valence-corrected chi connectivity index (χ3v) is 4.23. The van der Waals surface area contributed by atoms with Gasteiger partial charge in [-0.25, -0.2) is 4.79 Å². The molecule has 0 aliphatic heterocycles. The molecule has 27 heavy (non-hydrogen) atoms. The van der Waals surface area contributed by atoms with Crippen molar-refractivity contribution in [1.82, 2.24) is 4.57 Å². The Hall–Kier alpha value is -2.89. The lowest BCUT2D eigenvalue weighted by molar-refractivity contribution is -0.145. The molecule has 6 nitrogen and oxygen atoms in total. The first-order chi connectivity index (χ1) is 13.0. The van der Waals surface area contributed by atoms with Crippen LogP contribution in [0.25, 0.3) is 0 Å². The fourth-order valence-corrected chi connectivity index (χ4v) is 2.95. The lowest BCUT2D eigenvalue weighted by atomic mass is 9.93. The number of aromatic nitrogens is 1. The Morgan fingerprint density at radius 2 is 1.67 bits per heavy atom. The summed E-state index contributed by atoms with van der Waals surface area (Å²) in [5.41, 5.74) is 0.705. The van der Waals surface area contributed by atoms with Gasteiger partial charge in [-0.05, 0) is 37.5 Å². The highest BCUT2D eigenvalue weighted by Gasteiger charge is 2.29. The Balaban J connectivity index is 2.53. The first-order valence-corrected chi connectivity index (χ1v) is 9.14. The van der Waals surface area contributed by atoms with E-state index < -0.39 is 23.4 Å². The van der Waals surface area contributed by atoms with Gasteiger partial charge >= 0.3 is 11.9 Å². The van der Waals surface area contributed by atoms with Crippen LogP contribution in [0.2, 0.25) is 0 Å². The summed E-state index contributed by atoms with van der Waals surface area (Å²) >= 11 is 0. The Morgan fingerprint density at radius 3 is 2.26 bits per heavy atom. The predicted octanol–water partition coefficient (Wildman–Crippen LogP) is 3.13. The summed E-state index contributed by atoms with van der Waals surface area (Å²) in [4.78, 5) is 37.8. The topological polar surface area (TPSA) is 74.6 Å². The van der Waals surface area contributed by atoms with Crippen LogP contribution in [-0.4, -0.2) is 29.7 Å². The second-order valence-corrected chi connectivity index (χ2v) is 6.00. The molecule has 0 fully saturated rings. The third kappa shape index (κ3) is 4.84. The molecular formula is C21H25NO5. The molecule has 0 saturated carbocycles. The molecule has 6 heteroatoms. The van der Waals surface area contributed by atoms with Gasteiger partial charge < -0.3 is 14.0 Å². The molecule has 0 spiro atoms. The van der Waals surface area contributed by atoms with Crippen molar-refractivity contribution in [2.75, 3.05) is 13.2 Å². The van der Waals surface area contributed by atoms with Crippen LogP contribution in [0, 0.1) is 0 Å². The van der Waals surface area contributed by atoms with Crippen molar-refractivity contribution in [2.24, 2.45) is 0 Å². The Kier molecular flexibility index (Phi) is 7.34. The molecule has 1 heterocycles. The van der Waals surface area contributed by atoms with Gasteiger partial charge in [-0.1, -0.05) is 37.3 Å². The summed E-state index contributed by atoms with van der Waals surface area (Å²) in [7, 11) is 0. The lowest BCUT2D eigenvalue weighted by Gasteiger charge is -2.18. The third-order valence-electron chi connectivity index (χ3n) is 4.23. The zero-order valence-corrected chi connectivity index (χ0v) is 15.9. The molecule has 0 aliphatic rings. The van der Waals surface area contributed by atoms with E-state index >= 15 is 0 Å². The van der Waals surface area contributed by atoms with Crippen molar-refractivity contribution >= 4 is 11.9 Å². The highest BCUT2D eigenvalue weighted by molar-refractivity contribution is 5.93. The van der Waals surface area contributed by atoms with E-state index in [-0.39, 0.29) is 18.8 Å². The van der Waals surface area contributed by atoms with Gasteiger partial charge in [-0.15, -0.1) is 0 Å². The maximum atomic E-state index is 13.0. The SMILES string of the molecule is CCOC(=O)c1c(C(CC)C(=O)OCC)ccn(Cc2ccccc2)c1=O. The molecule has 0 aliphatic carbocycles. The van der Waals surface area contributed by atoms with Crippen molar-refractivity contribution < 1.29 is 19.1 Å². The minimum absolute atomic E-state index is 0.102. The summed E-state index contributed by atoms with van der Waals surface area (Å²) in [5, 5.41) is 0. The standard InChI is InChI=1S/C21H25NO5/c1-4-16(20(24)26-5-2)17-12-13-22(14-15-10-8-7-9-11-15)19(23)18(17)21(25)27-6-3/h7-13,16H,4-6,14H2,1-3H3. The van der Waals surface area contributed by atoms with Crippen LogP contribution < -0.4 is 5.56 Å². The van der Waals surface area contributed by atoms with Gasteiger partial charge in [0.25, 0.3) is 5.56 Å². The molecule has 2 rings (SSSR count). The van der Waals surface area contributed by atoms with E-state index in [1.807, 2.05) is 37.3 Å². The van der Waals surface area contributed by atoms with E-state index in [9.17, 15) is 14.4 Å². The van der Waals surface area contributed by atoms with E-state index in [4.69, 9.17) is 9.47 Å². The van der Waals surface area contributed by atoms with Gasteiger partial charge in [0.1, 0.15) is 5.56 Å². The summed E-state index contributed by atoms with van der Waals surface area (Å²) in [6.07, 6.45) is 2.02. The minimum Gasteiger partial charge on any atom is -0.466 e. The molecule has 2 aromatic rings. The normalized spacial score (nSPS) is 11.7. The maximum absolute atomic E-state index is 13.0. The molecule has 144 valence electrons. The molecular weight excluding hydrogens is 346 g/mol. The van der Waals surface area contributed by atoms with Crippen LogP contribution in [-0.2, 0) is 20.8 Å². The fourth-order valence-electron chi connectivity index (χ4n) is 2.95. The lowest BCUT2D eigenvalue weighted by Crippen LogP contribution is -2.31. The van der Waals surface area contributed by atoms with Gasteiger partial charge in [0.2, 0.25) is 0 Å². The average molecular weight is 371 g/mol. The molecule has 0 bridgehead atoms. The second kappa shape index (κ2) is 9.71. The summed E-state index contributed by atoms with van der Waals surface area (Å²) in [6, 6.07) is 11.1. The van der Waals surface area contributed by atoms with Crippen molar-refractivity contribution in [2.45, 2.75) is 39.7 Å². The van der Waals surface area contributed by atoms with Crippen LogP contribution in [0.5, 0.6) is 0 Å². The predicted molar refractivity (Wildman–Crippen MR) is 102 cm³/mol. The van der Waals surface area contributed by atoms with Gasteiger partial charge in [0, 0.05) is 6.20 Å². The number of carbonyl (C=O) groups is 2. The number of carbonyl (C=O) groups excluding carboxylic acids is 2. The Bertz CT molecular complexity index is 841. The van der Waals surface area contributed by atoms with Crippen molar-refractivity contribution in [3.8, 4) is 0 Å². The van der Waals surface area contributed by atoms with E-state index in [2.05, 4.69) is 0 Å². The van der Waals surface area contributed by atoms with Crippen molar-refractivity contribution in [1.29, 1.82) is 0 Å². The van der Waals surface area contributed by atoms with Crippen LogP contribution in [0.4, 0.5) is 0 Å². The smallest absolute Gasteiger partial charge is 0.344 e. The molecule has 1 atom stereocenters. The summed E-state index contributed by atoms with van der Waals surface area (Å²) < 4.78 is 11.6. The molecule has 0 N–H and O–H groups in total. The van der Waals surface area contributed by atoms with E-state index in [0.29, 0.717) is 18.5 Å². The van der Waals surface area contributed by atoms with Crippen LogP contribution >= 0.6 is 0 Å². The van der Waals surface area contributed by atoms with Gasteiger partial charge in [-0.2, -0.15) is 0 Å². The van der Waals surface area contributed by atoms with E-state index in [1.165, 1.54) is 4.57 Å².